The summed E-state index contributed by atoms with van der Waals surface area (Å²) in [6.07, 6.45) is 6.06. The van der Waals surface area contributed by atoms with Crippen LogP contribution in [0.4, 0.5) is 4.39 Å². The Kier molecular flexibility index (Phi) is 3.56. The maximum absolute atomic E-state index is 13.2. The topological polar surface area (TPSA) is 63.9 Å². The zero-order valence-corrected chi connectivity index (χ0v) is 14.8. The Labute approximate surface area is 155 Å². The summed E-state index contributed by atoms with van der Waals surface area (Å²) in [5.74, 6) is 0.328. The van der Waals surface area contributed by atoms with E-state index in [0.717, 1.165) is 29.7 Å². The summed E-state index contributed by atoms with van der Waals surface area (Å²) < 4.78 is 14.8. The highest BCUT2D eigenvalue weighted by Gasteiger charge is 2.44. The molecule has 2 aliphatic heterocycles. The molecule has 2 aromatic heterocycles. The molecule has 7 heteroatoms. The molecule has 1 aromatic carbocycles. The van der Waals surface area contributed by atoms with E-state index >= 15 is 0 Å². The molecule has 0 radical (unpaired) electrons. The normalized spacial score (nSPS) is 20.6. The largest absolute Gasteiger partial charge is 0.327 e. The minimum absolute atomic E-state index is 0.00316. The summed E-state index contributed by atoms with van der Waals surface area (Å²) in [4.78, 5) is 24.3. The summed E-state index contributed by atoms with van der Waals surface area (Å²) >= 11 is 0. The van der Waals surface area contributed by atoms with Crippen molar-refractivity contribution in [1.29, 1.82) is 0 Å². The third-order valence-corrected chi connectivity index (χ3v) is 5.57. The van der Waals surface area contributed by atoms with Gasteiger partial charge in [-0.25, -0.2) is 14.4 Å². The van der Waals surface area contributed by atoms with Crippen molar-refractivity contribution < 1.29 is 9.18 Å². The fraction of sp³-hybridized carbons (Fsp3) is 0.300. The highest BCUT2D eigenvalue weighted by atomic mass is 19.1. The molecule has 2 aliphatic rings. The van der Waals surface area contributed by atoms with Crippen LogP contribution in [0.15, 0.2) is 42.7 Å². The first-order valence-electron chi connectivity index (χ1n) is 9.04. The van der Waals surface area contributed by atoms with Gasteiger partial charge in [0.25, 0.3) is 5.91 Å². The standard InChI is InChI=1S/C20H18FN5O/c1-25-18(8-9-23-25)20(27)26-14-6-7-17(26)15-11-22-19(24-16(15)10-14)12-2-4-13(21)5-3-12/h2-5,8-9,11,14,17H,6-7,10H2,1H3/t14-,17+/m0/s1. The van der Waals surface area contributed by atoms with E-state index in [1.807, 2.05) is 11.1 Å². The van der Waals surface area contributed by atoms with Crippen molar-refractivity contribution in [2.75, 3.05) is 0 Å². The molecule has 2 bridgehead atoms. The number of nitrogens with zero attached hydrogens (tertiary/aromatic N) is 5. The lowest BCUT2D eigenvalue weighted by molar-refractivity contribution is 0.0632. The van der Waals surface area contributed by atoms with Gasteiger partial charge in [0, 0.05) is 43.0 Å². The lowest BCUT2D eigenvalue weighted by Gasteiger charge is -2.35. The average molecular weight is 363 g/mol. The molecule has 27 heavy (non-hydrogen) atoms. The monoisotopic (exact) mass is 363 g/mol. The van der Waals surface area contributed by atoms with Crippen molar-refractivity contribution in [3.63, 3.8) is 0 Å². The molecule has 3 aromatic rings. The van der Waals surface area contributed by atoms with Crippen molar-refractivity contribution in [3.05, 3.63) is 65.5 Å². The Morgan fingerprint density at radius 1 is 1.19 bits per heavy atom. The van der Waals surface area contributed by atoms with Crippen LogP contribution in [0.25, 0.3) is 11.4 Å². The first kappa shape index (κ1) is 16.1. The van der Waals surface area contributed by atoms with Gasteiger partial charge < -0.3 is 4.90 Å². The van der Waals surface area contributed by atoms with Gasteiger partial charge in [-0.3, -0.25) is 9.48 Å². The number of amides is 1. The molecule has 4 heterocycles. The van der Waals surface area contributed by atoms with E-state index in [-0.39, 0.29) is 23.8 Å². The van der Waals surface area contributed by atoms with Gasteiger partial charge in [-0.2, -0.15) is 5.10 Å². The molecule has 1 amide bonds. The number of hydrogen-bond donors (Lipinski definition) is 0. The number of aryl methyl sites for hydroxylation is 1. The summed E-state index contributed by atoms with van der Waals surface area (Å²) in [5.41, 5.74) is 3.40. The Balaban J connectivity index is 1.50. The van der Waals surface area contributed by atoms with Gasteiger partial charge in [-0.1, -0.05) is 0 Å². The van der Waals surface area contributed by atoms with Crippen LogP contribution in [0.1, 0.15) is 40.6 Å². The van der Waals surface area contributed by atoms with Gasteiger partial charge in [0.05, 0.1) is 11.7 Å². The molecule has 0 saturated carbocycles. The molecule has 1 fully saturated rings. The number of carbonyl (C=O) groups excluding carboxylic acids is 1. The molecule has 6 nitrogen and oxygen atoms in total. The molecule has 0 unspecified atom stereocenters. The summed E-state index contributed by atoms with van der Waals surface area (Å²) in [5, 5.41) is 4.12. The summed E-state index contributed by atoms with van der Waals surface area (Å²) in [6.45, 7) is 0. The van der Waals surface area contributed by atoms with Crippen LogP contribution < -0.4 is 0 Å². The van der Waals surface area contributed by atoms with Crippen LogP contribution in [0.5, 0.6) is 0 Å². The Bertz CT molecular complexity index is 1030. The van der Waals surface area contributed by atoms with E-state index in [1.54, 1.807) is 36.1 Å². The second-order valence-corrected chi connectivity index (χ2v) is 7.11. The van der Waals surface area contributed by atoms with Crippen molar-refractivity contribution in [2.24, 2.45) is 7.05 Å². The maximum atomic E-state index is 13.2. The molecule has 2 atom stereocenters. The fourth-order valence-electron chi connectivity index (χ4n) is 4.24. The highest BCUT2D eigenvalue weighted by molar-refractivity contribution is 5.93. The second-order valence-electron chi connectivity index (χ2n) is 7.11. The van der Waals surface area contributed by atoms with Gasteiger partial charge in [-0.15, -0.1) is 0 Å². The number of fused-ring (bicyclic) bond motifs is 4. The predicted molar refractivity (Wildman–Crippen MR) is 96.3 cm³/mol. The molecule has 5 rings (SSSR count). The van der Waals surface area contributed by atoms with Crippen LogP contribution in [0.3, 0.4) is 0 Å². The third kappa shape index (κ3) is 2.53. The average Bonchev–Trinajstić information content (AvgIpc) is 3.24. The van der Waals surface area contributed by atoms with E-state index in [4.69, 9.17) is 4.98 Å². The lowest BCUT2D eigenvalue weighted by atomic mass is 9.98. The number of hydrogen-bond acceptors (Lipinski definition) is 4. The predicted octanol–water partition coefficient (Wildman–Crippen LogP) is 2.92. The minimum Gasteiger partial charge on any atom is -0.327 e. The fourth-order valence-corrected chi connectivity index (χ4v) is 4.24. The number of carbonyl (C=O) groups is 1. The van der Waals surface area contributed by atoms with Crippen LogP contribution in [-0.2, 0) is 13.5 Å². The van der Waals surface area contributed by atoms with Crippen LogP contribution in [-0.4, -0.2) is 36.6 Å². The summed E-state index contributed by atoms with van der Waals surface area (Å²) in [6, 6.07) is 8.10. The van der Waals surface area contributed by atoms with Crippen LogP contribution >= 0.6 is 0 Å². The highest BCUT2D eigenvalue weighted by Crippen LogP contribution is 2.43. The van der Waals surface area contributed by atoms with E-state index < -0.39 is 0 Å². The summed E-state index contributed by atoms with van der Waals surface area (Å²) in [7, 11) is 1.78. The van der Waals surface area contributed by atoms with Gasteiger partial charge in [0.1, 0.15) is 11.5 Å². The smallest absolute Gasteiger partial charge is 0.272 e. The Morgan fingerprint density at radius 2 is 2.00 bits per heavy atom. The van der Waals surface area contributed by atoms with Crippen molar-refractivity contribution in [1.82, 2.24) is 24.6 Å². The van der Waals surface area contributed by atoms with E-state index in [9.17, 15) is 9.18 Å². The molecule has 1 saturated heterocycles. The first-order valence-corrected chi connectivity index (χ1v) is 9.04. The molecular formula is C20H18FN5O. The zero-order valence-electron chi connectivity index (χ0n) is 14.8. The van der Waals surface area contributed by atoms with Crippen molar-refractivity contribution in [3.8, 4) is 11.4 Å². The van der Waals surface area contributed by atoms with Crippen molar-refractivity contribution in [2.45, 2.75) is 31.3 Å². The number of rotatable bonds is 2. The van der Waals surface area contributed by atoms with Gasteiger partial charge in [0.2, 0.25) is 0 Å². The van der Waals surface area contributed by atoms with Crippen LogP contribution in [0.2, 0.25) is 0 Å². The molecule has 0 N–H and O–H groups in total. The SMILES string of the molecule is Cn1nccc1C(=O)N1[C@H]2CC[C@@H]1c1cnc(-c3ccc(F)cc3)nc1C2. The number of benzene rings is 1. The van der Waals surface area contributed by atoms with E-state index in [0.29, 0.717) is 17.9 Å². The van der Waals surface area contributed by atoms with Crippen LogP contribution in [0, 0.1) is 5.82 Å². The maximum Gasteiger partial charge on any atom is 0.272 e. The van der Waals surface area contributed by atoms with E-state index in [2.05, 4.69) is 10.1 Å². The molecular weight excluding hydrogens is 345 g/mol. The Hall–Kier alpha value is -3.09. The number of halogens is 1. The van der Waals surface area contributed by atoms with Gasteiger partial charge in [0.15, 0.2) is 5.82 Å². The Morgan fingerprint density at radius 3 is 2.74 bits per heavy atom. The third-order valence-electron chi connectivity index (χ3n) is 5.57. The van der Waals surface area contributed by atoms with Gasteiger partial charge in [-0.05, 0) is 43.2 Å². The lowest BCUT2D eigenvalue weighted by Crippen LogP contribution is -2.43. The van der Waals surface area contributed by atoms with E-state index in [1.165, 1.54) is 12.1 Å². The first-order chi connectivity index (χ1) is 13.1. The van der Waals surface area contributed by atoms with Crippen molar-refractivity contribution >= 4 is 5.91 Å². The minimum atomic E-state index is -0.279. The van der Waals surface area contributed by atoms with Gasteiger partial charge >= 0.3 is 0 Å². The molecule has 0 spiro atoms. The quantitative estimate of drug-likeness (QED) is 0.702. The zero-order chi connectivity index (χ0) is 18.5. The molecule has 136 valence electrons. The number of aromatic nitrogens is 4. The second kappa shape index (κ2) is 5.97. The molecule has 0 aliphatic carbocycles.